The summed E-state index contributed by atoms with van der Waals surface area (Å²) in [6.07, 6.45) is 4.00. The highest BCUT2D eigenvalue weighted by Crippen LogP contribution is 2.51. The number of carbonyl (C=O) groups excluding carboxylic acids is 1. The summed E-state index contributed by atoms with van der Waals surface area (Å²) in [4.78, 5) is 20.5. The molecule has 0 saturated carbocycles. The van der Waals surface area contributed by atoms with Crippen molar-refractivity contribution in [3.63, 3.8) is 0 Å². The lowest BCUT2D eigenvalue weighted by Gasteiger charge is -2.38. The van der Waals surface area contributed by atoms with E-state index in [2.05, 4.69) is 84.5 Å². The van der Waals surface area contributed by atoms with Crippen molar-refractivity contribution in [2.45, 2.75) is 19.4 Å². The van der Waals surface area contributed by atoms with Crippen molar-refractivity contribution in [2.75, 3.05) is 0 Å². The van der Waals surface area contributed by atoms with Crippen LogP contribution in [0.2, 0.25) is 0 Å². The Morgan fingerprint density at radius 3 is 2.41 bits per heavy atom. The minimum atomic E-state index is -1.11. The minimum absolute atomic E-state index is 0.312. The first-order valence-electron chi connectivity index (χ1n) is 11.5. The maximum Gasteiger partial charge on any atom is 0.340 e. The van der Waals surface area contributed by atoms with Crippen LogP contribution >= 0.6 is 0 Å². The molecule has 4 aromatic carbocycles. The Bertz CT molecular complexity index is 1780. The van der Waals surface area contributed by atoms with Crippen molar-refractivity contribution in [1.29, 1.82) is 0 Å². The van der Waals surface area contributed by atoms with Crippen LogP contribution in [0.4, 0.5) is 0 Å². The van der Waals surface area contributed by atoms with Crippen LogP contribution in [0.15, 0.2) is 85.2 Å². The van der Waals surface area contributed by atoms with Gasteiger partial charge in [-0.15, -0.1) is 0 Å². The topological polar surface area (TPSA) is 57.9 Å². The quantitative estimate of drug-likeness (QED) is 0.287. The third-order valence-electron chi connectivity index (χ3n) is 7.27. The predicted octanol–water partition coefficient (Wildman–Crippen LogP) is 6.88. The number of esters is 1. The van der Waals surface area contributed by atoms with Crippen LogP contribution in [0, 0.1) is 13.8 Å². The van der Waals surface area contributed by atoms with Crippen LogP contribution in [0.25, 0.3) is 32.6 Å². The van der Waals surface area contributed by atoms with Crippen molar-refractivity contribution in [3.8, 4) is 0 Å². The Kier molecular flexibility index (Phi) is 3.73. The second kappa shape index (κ2) is 6.61. The van der Waals surface area contributed by atoms with Crippen molar-refractivity contribution in [2.24, 2.45) is 0 Å². The van der Waals surface area contributed by atoms with E-state index in [1.54, 1.807) is 0 Å². The van der Waals surface area contributed by atoms with E-state index in [9.17, 15) is 4.79 Å². The summed E-state index contributed by atoms with van der Waals surface area (Å²) >= 11 is 0. The molecule has 1 aliphatic heterocycles. The molecular weight excluding hydrogens is 420 g/mol. The number of hydrogen-bond acceptors (Lipinski definition) is 2. The highest BCUT2D eigenvalue weighted by molar-refractivity contribution is 6.10. The number of H-pyrrole nitrogens is 2. The van der Waals surface area contributed by atoms with E-state index in [0.717, 1.165) is 54.8 Å². The van der Waals surface area contributed by atoms with Gasteiger partial charge in [-0.3, -0.25) is 0 Å². The fraction of sp³-hybridized carbons (Fsp3) is 0.100. The molecule has 0 saturated heterocycles. The molecule has 0 bridgehead atoms. The van der Waals surface area contributed by atoms with Gasteiger partial charge in [-0.05, 0) is 42.5 Å². The number of benzene rings is 4. The first-order chi connectivity index (χ1) is 16.6. The summed E-state index contributed by atoms with van der Waals surface area (Å²) in [6, 6.07) is 24.6. The largest absolute Gasteiger partial charge is 0.440 e. The SMILES string of the molecule is Cc1ccc2c(C3(c4c[nH]c5c(C)cccc45)OC(=O)c4cccc5cccc3c45)c[nH]c2c1. The fourth-order valence-electron chi connectivity index (χ4n) is 5.73. The Hall–Kier alpha value is -4.31. The predicted molar refractivity (Wildman–Crippen MR) is 135 cm³/mol. The molecule has 6 aromatic rings. The number of cyclic esters (lactones) is 1. The number of rotatable bonds is 2. The molecule has 1 atom stereocenters. The van der Waals surface area contributed by atoms with E-state index in [0.29, 0.717) is 5.56 Å². The summed E-state index contributed by atoms with van der Waals surface area (Å²) < 4.78 is 6.59. The van der Waals surface area contributed by atoms with Gasteiger partial charge in [-0.2, -0.15) is 0 Å². The van der Waals surface area contributed by atoms with Crippen molar-refractivity contribution in [3.05, 3.63) is 119 Å². The Morgan fingerprint density at radius 2 is 1.53 bits per heavy atom. The second-order valence-corrected chi connectivity index (χ2v) is 9.23. The van der Waals surface area contributed by atoms with Crippen LogP contribution in [-0.4, -0.2) is 15.9 Å². The highest BCUT2D eigenvalue weighted by atomic mass is 16.6. The number of aromatic nitrogens is 2. The van der Waals surface area contributed by atoms with Gasteiger partial charge in [-0.1, -0.05) is 60.7 Å². The summed E-state index contributed by atoms with van der Waals surface area (Å²) in [5.41, 5.74) is 6.73. The average molecular weight is 443 g/mol. The van der Waals surface area contributed by atoms with Gasteiger partial charge in [0, 0.05) is 56.3 Å². The molecule has 0 spiro atoms. The first kappa shape index (κ1) is 19.2. The molecule has 0 aliphatic carbocycles. The molecule has 0 radical (unpaired) electrons. The van der Waals surface area contributed by atoms with Gasteiger partial charge < -0.3 is 14.7 Å². The molecule has 0 fully saturated rings. The van der Waals surface area contributed by atoms with Gasteiger partial charge >= 0.3 is 5.97 Å². The van der Waals surface area contributed by atoms with Crippen LogP contribution in [0.3, 0.4) is 0 Å². The molecule has 2 aromatic heterocycles. The third kappa shape index (κ3) is 2.35. The zero-order valence-electron chi connectivity index (χ0n) is 18.9. The van der Waals surface area contributed by atoms with E-state index >= 15 is 0 Å². The molecule has 7 rings (SSSR count). The molecular formula is C30H22N2O2. The third-order valence-corrected chi connectivity index (χ3v) is 7.27. The second-order valence-electron chi connectivity index (χ2n) is 9.23. The standard InChI is InChI=1S/C30H22N2O2/c1-17-12-13-20-24(15-31-26(20)14-17)30(25-16-32-28-18(2)6-3-9-21(25)28)23-11-5-8-19-7-4-10-22(27(19)23)29(33)34-30/h3-16,31-32H,1-2H3. The fourth-order valence-corrected chi connectivity index (χ4v) is 5.73. The molecule has 4 heteroatoms. The van der Waals surface area contributed by atoms with E-state index in [4.69, 9.17) is 4.74 Å². The van der Waals surface area contributed by atoms with Gasteiger partial charge in [-0.25, -0.2) is 4.79 Å². The smallest absolute Gasteiger partial charge is 0.340 e. The maximum absolute atomic E-state index is 13.6. The lowest BCUT2D eigenvalue weighted by atomic mass is 9.75. The van der Waals surface area contributed by atoms with Crippen molar-refractivity contribution in [1.82, 2.24) is 9.97 Å². The number of carbonyl (C=O) groups is 1. The molecule has 1 aliphatic rings. The van der Waals surface area contributed by atoms with Gasteiger partial charge in [0.05, 0.1) is 5.56 Å². The minimum Gasteiger partial charge on any atom is -0.440 e. The molecule has 3 heterocycles. The number of hydrogen-bond donors (Lipinski definition) is 2. The van der Waals surface area contributed by atoms with E-state index in [1.165, 1.54) is 5.56 Å². The average Bonchev–Trinajstić information content (AvgIpc) is 3.47. The summed E-state index contributed by atoms with van der Waals surface area (Å²) in [5, 5.41) is 4.06. The first-order valence-corrected chi connectivity index (χ1v) is 11.5. The Balaban J connectivity index is 1.69. The van der Waals surface area contributed by atoms with Crippen molar-refractivity contribution < 1.29 is 9.53 Å². The van der Waals surface area contributed by atoms with E-state index < -0.39 is 5.60 Å². The van der Waals surface area contributed by atoms with Crippen LogP contribution in [-0.2, 0) is 10.3 Å². The molecule has 2 N–H and O–H groups in total. The molecule has 0 amide bonds. The molecule has 4 nitrogen and oxygen atoms in total. The zero-order valence-corrected chi connectivity index (χ0v) is 18.9. The van der Waals surface area contributed by atoms with Gasteiger partial charge in [0.25, 0.3) is 0 Å². The van der Waals surface area contributed by atoms with E-state index in [1.807, 2.05) is 24.5 Å². The van der Waals surface area contributed by atoms with Gasteiger partial charge in [0.15, 0.2) is 5.60 Å². The number of ether oxygens (including phenoxy) is 1. The molecule has 34 heavy (non-hydrogen) atoms. The monoisotopic (exact) mass is 442 g/mol. The number of para-hydroxylation sites is 1. The number of aromatic amines is 2. The lowest BCUT2D eigenvalue weighted by molar-refractivity contribution is 0.0135. The van der Waals surface area contributed by atoms with Gasteiger partial charge in [0.1, 0.15) is 0 Å². The maximum atomic E-state index is 13.6. The summed E-state index contributed by atoms with van der Waals surface area (Å²) in [6.45, 7) is 4.17. The summed E-state index contributed by atoms with van der Waals surface area (Å²) in [5.74, 6) is -0.312. The van der Waals surface area contributed by atoms with Crippen molar-refractivity contribution >= 4 is 38.5 Å². The number of fused-ring (bicyclic) bond motifs is 2. The number of nitrogens with one attached hydrogen (secondary N) is 2. The van der Waals surface area contributed by atoms with Crippen LogP contribution in [0.5, 0.6) is 0 Å². The van der Waals surface area contributed by atoms with Crippen LogP contribution in [0.1, 0.15) is 38.2 Å². The molecule has 1 unspecified atom stereocenters. The van der Waals surface area contributed by atoms with E-state index in [-0.39, 0.29) is 5.97 Å². The highest BCUT2D eigenvalue weighted by Gasteiger charge is 2.48. The number of aryl methyl sites for hydroxylation is 2. The van der Waals surface area contributed by atoms with Crippen LogP contribution < -0.4 is 0 Å². The Morgan fingerprint density at radius 1 is 0.765 bits per heavy atom. The lowest BCUT2D eigenvalue weighted by Crippen LogP contribution is -2.38. The summed E-state index contributed by atoms with van der Waals surface area (Å²) in [7, 11) is 0. The normalized spacial score (nSPS) is 17.5. The Labute approximate surface area is 196 Å². The zero-order chi connectivity index (χ0) is 23.0. The van der Waals surface area contributed by atoms with Gasteiger partial charge in [0.2, 0.25) is 0 Å². The molecule has 164 valence electrons.